The normalized spacial score (nSPS) is 15.2. The van der Waals surface area contributed by atoms with Crippen LogP contribution in [0.15, 0.2) is 0 Å². The van der Waals surface area contributed by atoms with Crippen LogP contribution in [-0.4, -0.2) is 30.6 Å². The van der Waals surface area contributed by atoms with E-state index in [0.717, 1.165) is 0 Å². The van der Waals surface area contributed by atoms with Crippen LogP contribution in [0.2, 0.25) is 0 Å². The molecule has 0 heterocycles. The predicted octanol–water partition coefficient (Wildman–Crippen LogP) is 1.58. The van der Waals surface area contributed by atoms with Crippen molar-refractivity contribution in [1.82, 2.24) is 0 Å². The molecule has 0 aromatic carbocycles. The average Bonchev–Trinajstić information content (AvgIpc) is 1.84. The number of hydrogen-bond acceptors (Lipinski definition) is 2. The van der Waals surface area contributed by atoms with Gasteiger partial charge in [0.2, 0.25) is 0 Å². The van der Waals surface area contributed by atoms with Gasteiger partial charge < -0.3 is 9.84 Å². The summed E-state index contributed by atoms with van der Waals surface area (Å²) in [6, 6.07) is 0. The Kier molecular flexibility index (Phi) is 4.55. The molecule has 0 rings (SSSR count). The monoisotopic (exact) mass is 186 g/mol. The van der Waals surface area contributed by atoms with Crippen LogP contribution in [0.3, 0.4) is 0 Å². The van der Waals surface area contributed by atoms with Crippen molar-refractivity contribution in [3.63, 3.8) is 0 Å². The van der Waals surface area contributed by atoms with Crippen LogP contribution < -0.4 is 0 Å². The summed E-state index contributed by atoms with van der Waals surface area (Å²) < 4.78 is 39.5. The lowest BCUT2D eigenvalue weighted by Crippen LogP contribution is -2.33. The van der Waals surface area contributed by atoms with Gasteiger partial charge in [0, 0.05) is 6.61 Å². The molecule has 0 saturated heterocycles. The lowest BCUT2D eigenvalue weighted by Gasteiger charge is -2.15. The van der Waals surface area contributed by atoms with E-state index in [1.807, 2.05) is 13.8 Å². The molecule has 0 saturated carbocycles. The van der Waals surface area contributed by atoms with Crippen LogP contribution in [-0.2, 0) is 4.74 Å². The zero-order valence-corrected chi connectivity index (χ0v) is 7.06. The molecule has 2 nitrogen and oxygen atoms in total. The third-order valence-electron chi connectivity index (χ3n) is 1.10. The summed E-state index contributed by atoms with van der Waals surface area (Å²) in [5.74, 6) is 0.172. The minimum Gasteiger partial charge on any atom is -0.382 e. The summed E-state index contributed by atoms with van der Waals surface area (Å²) in [7, 11) is 0. The molecule has 1 unspecified atom stereocenters. The van der Waals surface area contributed by atoms with Crippen LogP contribution in [0.4, 0.5) is 13.2 Å². The SMILES string of the molecule is CC(C)COCC(O)C(F)(F)F. The third-order valence-corrected chi connectivity index (χ3v) is 1.10. The quantitative estimate of drug-likeness (QED) is 0.722. The van der Waals surface area contributed by atoms with Crippen molar-refractivity contribution in [2.24, 2.45) is 5.92 Å². The molecule has 12 heavy (non-hydrogen) atoms. The van der Waals surface area contributed by atoms with Crippen LogP contribution >= 0.6 is 0 Å². The molecule has 1 atom stereocenters. The Labute approximate surface area is 69.3 Å². The van der Waals surface area contributed by atoms with E-state index >= 15 is 0 Å². The van der Waals surface area contributed by atoms with Crippen molar-refractivity contribution in [2.45, 2.75) is 26.1 Å². The maximum Gasteiger partial charge on any atom is 0.416 e. The summed E-state index contributed by atoms with van der Waals surface area (Å²) in [5.41, 5.74) is 0. The van der Waals surface area contributed by atoms with Gasteiger partial charge in [0.1, 0.15) is 0 Å². The Morgan fingerprint density at radius 1 is 1.25 bits per heavy atom. The molecule has 0 aromatic heterocycles. The average molecular weight is 186 g/mol. The van der Waals surface area contributed by atoms with E-state index < -0.39 is 18.9 Å². The number of ether oxygens (including phenoxy) is 1. The highest BCUT2D eigenvalue weighted by Gasteiger charge is 2.38. The van der Waals surface area contributed by atoms with Gasteiger partial charge in [-0.05, 0) is 5.92 Å². The number of halogens is 3. The van der Waals surface area contributed by atoms with Crippen molar-refractivity contribution in [3.8, 4) is 0 Å². The second-order valence-electron chi connectivity index (χ2n) is 2.99. The molecule has 0 amide bonds. The molecule has 0 fully saturated rings. The highest BCUT2D eigenvalue weighted by molar-refractivity contribution is 4.63. The standard InChI is InChI=1S/C7H13F3O2/c1-5(2)3-12-4-6(11)7(8,9)10/h5-6,11H,3-4H2,1-2H3. The van der Waals surface area contributed by atoms with E-state index in [4.69, 9.17) is 5.11 Å². The van der Waals surface area contributed by atoms with Gasteiger partial charge in [-0.1, -0.05) is 13.8 Å². The maximum atomic E-state index is 11.6. The minimum atomic E-state index is -4.57. The molecule has 0 radical (unpaired) electrons. The van der Waals surface area contributed by atoms with E-state index in [0.29, 0.717) is 0 Å². The molecule has 5 heteroatoms. The molecule has 0 aromatic rings. The fourth-order valence-electron chi connectivity index (χ4n) is 0.510. The third kappa shape index (κ3) is 5.37. The van der Waals surface area contributed by atoms with Crippen molar-refractivity contribution < 1.29 is 23.0 Å². The van der Waals surface area contributed by atoms with Gasteiger partial charge in [-0.3, -0.25) is 0 Å². The van der Waals surface area contributed by atoms with E-state index in [9.17, 15) is 13.2 Å². The number of alkyl halides is 3. The highest BCUT2D eigenvalue weighted by Crippen LogP contribution is 2.19. The van der Waals surface area contributed by atoms with Gasteiger partial charge >= 0.3 is 6.18 Å². The molecule has 0 spiro atoms. The van der Waals surface area contributed by atoms with Gasteiger partial charge in [0.15, 0.2) is 6.10 Å². The maximum absolute atomic E-state index is 11.6. The molecule has 0 bridgehead atoms. The fraction of sp³-hybridized carbons (Fsp3) is 1.00. The molecular weight excluding hydrogens is 173 g/mol. The van der Waals surface area contributed by atoms with E-state index in [2.05, 4.69) is 4.74 Å². The van der Waals surface area contributed by atoms with E-state index in [1.165, 1.54) is 0 Å². The Balaban J connectivity index is 3.51. The lowest BCUT2D eigenvalue weighted by atomic mass is 10.2. The predicted molar refractivity (Wildman–Crippen MR) is 37.7 cm³/mol. The van der Waals surface area contributed by atoms with Gasteiger partial charge in [-0.25, -0.2) is 0 Å². The molecule has 0 aliphatic heterocycles. The largest absolute Gasteiger partial charge is 0.416 e. The topological polar surface area (TPSA) is 29.5 Å². The van der Waals surface area contributed by atoms with Crippen molar-refractivity contribution >= 4 is 0 Å². The smallest absolute Gasteiger partial charge is 0.382 e. The first-order valence-electron chi connectivity index (χ1n) is 3.66. The van der Waals surface area contributed by atoms with Crippen LogP contribution in [0.25, 0.3) is 0 Å². The van der Waals surface area contributed by atoms with Crippen LogP contribution in [0.5, 0.6) is 0 Å². The highest BCUT2D eigenvalue weighted by atomic mass is 19.4. The lowest BCUT2D eigenvalue weighted by molar-refractivity contribution is -0.218. The molecule has 1 N–H and O–H groups in total. The Bertz CT molecular complexity index is 122. The van der Waals surface area contributed by atoms with E-state index in [-0.39, 0.29) is 12.5 Å². The number of aliphatic hydroxyl groups is 1. The molecule has 0 aliphatic rings. The minimum absolute atomic E-state index is 0.172. The Morgan fingerprint density at radius 2 is 1.75 bits per heavy atom. The molecular formula is C7H13F3O2. The first-order chi connectivity index (χ1) is 5.34. The fourth-order valence-corrected chi connectivity index (χ4v) is 0.510. The van der Waals surface area contributed by atoms with Crippen molar-refractivity contribution in [1.29, 1.82) is 0 Å². The second kappa shape index (κ2) is 4.67. The van der Waals surface area contributed by atoms with Gasteiger partial charge in [0.05, 0.1) is 6.61 Å². The first-order valence-corrected chi connectivity index (χ1v) is 3.66. The van der Waals surface area contributed by atoms with Crippen LogP contribution in [0.1, 0.15) is 13.8 Å². The van der Waals surface area contributed by atoms with Gasteiger partial charge in [0.25, 0.3) is 0 Å². The zero-order chi connectivity index (χ0) is 9.78. The molecule has 74 valence electrons. The summed E-state index contributed by atoms with van der Waals surface area (Å²) >= 11 is 0. The zero-order valence-electron chi connectivity index (χ0n) is 7.06. The van der Waals surface area contributed by atoms with Crippen molar-refractivity contribution in [3.05, 3.63) is 0 Å². The number of hydrogen-bond donors (Lipinski definition) is 1. The Hall–Kier alpha value is -0.290. The summed E-state index contributed by atoms with van der Waals surface area (Å²) in [6.45, 7) is 3.19. The van der Waals surface area contributed by atoms with Gasteiger partial charge in [-0.2, -0.15) is 13.2 Å². The van der Waals surface area contributed by atoms with E-state index in [1.54, 1.807) is 0 Å². The number of aliphatic hydroxyl groups excluding tert-OH is 1. The molecule has 0 aliphatic carbocycles. The van der Waals surface area contributed by atoms with Crippen LogP contribution in [0, 0.1) is 5.92 Å². The van der Waals surface area contributed by atoms with Crippen molar-refractivity contribution in [2.75, 3.05) is 13.2 Å². The Morgan fingerprint density at radius 3 is 2.08 bits per heavy atom. The first kappa shape index (κ1) is 11.7. The summed E-state index contributed by atoms with van der Waals surface area (Å²) in [6.07, 6.45) is -6.94. The van der Waals surface area contributed by atoms with Gasteiger partial charge in [-0.15, -0.1) is 0 Å². The number of rotatable bonds is 4. The summed E-state index contributed by atoms with van der Waals surface area (Å²) in [5, 5.41) is 8.45. The second-order valence-corrected chi connectivity index (χ2v) is 2.99. The summed E-state index contributed by atoms with van der Waals surface area (Å²) in [4.78, 5) is 0.